The summed E-state index contributed by atoms with van der Waals surface area (Å²) in [6.45, 7) is 1.96. The maximum atomic E-state index is 12.7. The number of fused-ring (bicyclic) bond motifs is 1. The number of piperidine rings is 1. The molecule has 6 heteroatoms. The third kappa shape index (κ3) is 3.33. The van der Waals surface area contributed by atoms with E-state index in [1.165, 1.54) is 23.4 Å². The number of aliphatic hydroxyl groups is 1. The lowest BCUT2D eigenvalue weighted by Gasteiger charge is -2.29. The van der Waals surface area contributed by atoms with Gasteiger partial charge in [-0.2, -0.15) is 5.10 Å². The average Bonchev–Trinajstić information content (AvgIpc) is 3.21. The van der Waals surface area contributed by atoms with E-state index >= 15 is 0 Å². The second-order valence-electron chi connectivity index (χ2n) is 7.31. The summed E-state index contributed by atoms with van der Waals surface area (Å²) in [5.74, 6) is 0.0435. The van der Waals surface area contributed by atoms with Gasteiger partial charge in [0, 0.05) is 31.4 Å². The fourth-order valence-corrected chi connectivity index (χ4v) is 4.01. The molecule has 4 rings (SSSR count). The molecule has 1 amide bonds. The Morgan fingerprint density at radius 1 is 1.31 bits per heavy atom. The number of benzene rings is 1. The number of hydrogen-bond donors (Lipinski definition) is 2. The molecule has 0 saturated carbocycles. The van der Waals surface area contributed by atoms with Gasteiger partial charge in [0.25, 0.3) is 5.91 Å². The number of carbonyl (C=O) groups excluding carboxylic acids is 1. The van der Waals surface area contributed by atoms with Crippen molar-refractivity contribution in [2.24, 2.45) is 7.05 Å². The van der Waals surface area contributed by atoms with Crippen LogP contribution in [-0.4, -0.2) is 44.9 Å². The van der Waals surface area contributed by atoms with Crippen molar-refractivity contribution in [1.82, 2.24) is 14.7 Å². The molecule has 1 aromatic carbocycles. The normalized spacial score (nSPS) is 17.4. The zero-order chi connectivity index (χ0) is 18.1. The van der Waals surface area contributed by atoms with Crippen LogP contribution in [0, 0.1) is 0 Å². The van der Waals surface area contributed by atoms with E-state index in [4.69, 9.17) is 0 Å². The zero-order valence-corrected chi connectivity index (χ0v) is 15.2. The number of aryl methyl sites for hydroxylation is 2. The minimum Gasteiger partial charge on any atom is -0.393 e. The fraction of sp³-hybridized carbons (Fsp3) is 0.500. The Morgan fingerprint density at radius 2 is 2.12 bits per heavy atom. The van der Waals surface area contributed by atoms with E-state index < -0.39 is 0 Å². The third-order valence-corrected chi connectivity index (χ3v) is 5.52. The second kappa shape index (κ2) is 7.11. The fourth-order valence-electron chi connectivity index (χ4n) is 4.01. The van der Waals surface area contributed by atoms with Crippen LogP contribution in [0.15, 0.2) is 24.3 Å². The second-order valence-corrected chi connectivity index (χ2v) is 7.31. The number of aliphatic hydroxyl groups excluding tert-OH is 1. The average molecular weight is 354 g/mol. The summed E-state index contributed by atoms with van der Waals surface area (Å²) in [6, 6.07) is 7.69. The van der Waals surface area contributed by atoms with Crippen LogP contribution in [0.3, 0.4) is 0 Å². The molecule has 2 heterocycles. The highest BCUT2D eigenvalue weighted by atomic mass is 16.3. The van der Waals surface area contributed by atoms with E-state index in [0.717, 1.165) is 18.5 Å². The van der Waals surface area contributed by atoms with Gasteiger partial charge in [0.1, 0.15) is 0 Å². The van der Waals surface area contributed by atoms with Gasteiger partial charge in [-0.25, -0.2) is 0 Å². The Hall–Kier alpha value is -2.34. The molecule has 0 bridgehead atoms. The SMILES string of the molecule is Cn1nc2c(c1CNc1cccc(C(=O)N3CCC(O)CC3)c1)CCC2. The molecule has 26 heavy (non-hydrogen) atoms. The van der Waals surface area contributed by atoms with E-state index in [2.05, 4.69) is 10.4 Å². The molecule has 1 saturated heterocycles. The molecule has 2 aliphatic rings. The van der Waals surface area contributed by atoms with Crippen molar-refractivity contribution in [3.63, 3.8) is 0 Å². The summed E-state index contributed by atoms with van der Waals surface area (Å²) in [5.41, 5.74) is 5.50. The number of hydrogen-bond acceptors (Lipinski definition) is 4. The number of likely N-dealkylation sites (tertiary alicyclic amines) is 1. The zero-order valence-electron chi connectivity index (χ0n) is 15.2. The summed E-state index contributed by atoms with van der Waals surface area (Å²) >= 11 is 0. The number of nitrogens with one attached hydrogen (secondary N) is 1. The highest BCUT2D eigenvalue weighted by Gasteiger charge is 2.23. The lowest BCUT2D eigenvalue weighted by atomic mass is 10.1. The third-order valence-electron chi connectivity index (χ3n) is 5.52. The predicted molar refractivity (Wildman–Crippen MR) is 100 cm³/mol. The summed E-state index contributed by atoms with van der Waals surface area (Å²) in [6.07, 6.45) is 4.44. The van der Waals surface area contributed by atoms with Crippen LogP contribution in [0.1, 0.15) is 46.6 Å². The summed E-state index contributed by atoms with van der Waals surface area (Å²) in [5, 5.41) is 17.7. The largest absolute Gasteiger partial charge is 0.393 e. The van der Waals surface area contributed by atoms with Gasteiger partial charge >= 0.3 is 0 Å². The van der Waals surface area contributed by atoms with E-state index in [0.29, 0.717) is 38.0 Å². The standard InChI is InChI=1S/C20H26N4O2/c1-23-19(17-6-3-7-18(17)22-23)13-21-15-5-2-4-14(12-15)20(26)24-10-8-16(25)9-11-24/h2,4-5,12,16,21,25H,3,6-11,13H2,1H3. The summed E-state index contributed by atoms with van der Waals surface area (Å²) in [7, 11) is 2.00. The van der Waals surface area contributed by atoms with Gasteiger partial charge in [-0.1, -0.05) is 6.07 Å². The van der Waals surface area contributed by atoms with Crippen molar-refractivity contribution < 1.29 is 9.90 Å². The molecule has 1 aromatic heterocycles. The summed E-state index contributed by atoms with van der Waals surface area (Å²) in [4.78, 5) is 14.5. The van der Waals surface area contributed by atoms with Crippen molar-refractivity contribution >= 4 is 11.6 Å². The Labute approximate surface area is 153 Å². The molecule has 1 aliphatic carbocycles. The minimum absolute atomic E-state index is 0.0435. The van der Waals surface area contributed by atoms with Gasteiger partial charge in [-0.3, -0.25) is 9.48 Å². The Balaban J connectivity index is 1.44. The van der Waals surface area contributed by atoms with E-state index in [1.807, 2.05) is 40.9 Å². The van der Waals surface area contributed by atoms with Crippen molar-refractivity contribution in [3.8, 4) is 0 Å². The molecule has 0 atom stereocenters. The Morgan fingerprint density at radius 3 is 2.92 bits per heavy atom. The van der Waals surface area contributed by atoms with E-state index in [-0.39, 0.29) is 12.0 Å². The van der Waals surface area contributed by atoms with Crippen molar-refractivity contribution in [3.05, 3.63) is 46.8 Å². The van der Waals surface area contributed by atoms with Gasteiger partial charge in [-0.15, -0.1) is 0 Å². The smallest absolute Gasteiger partial charge is 0.253 e. The number of nitrogens with zero attached hydrogens (tertiary/aromatic N) is 3. The van der Waals surface area contributed by atoms with Gasteiger partial charge in [-0.05, 0) is 55.9 Å². The lowest BCUT2D eigenvalue weighted by molar-refractivity contribution is 0.0546. The predicted octanol–water partition coefficient (Wildman–Crippen LogP) is 2.12. The first-order valence-electron chi connectivity index (χ1n) is 9.46. The highest BCUT2D eigenvalue weighted by molar-refractivity contribution is 5.95. The molecular weight excluding hydrogens is 328 g/mol. The molecular formula is C20H26N4O2. The summed E-state index contributed by atoms with van der Waals surface area (Å²) < 4.78 is 1.98. The van der Waals surface area contributed by atoms with Gasteiger partial charge in [0.05, 0.1) is 24.0 Å². The maximum absolute atomic E-state index is 12.7. The minimum atomic E-state index is -0.271. The maximum Gasteiger partial charge on any atom is 0.253 e. The van der Waals surface area contributed by atoms with Crippen LogP contribution in [0.4, 0.5) is 5.69 Å². The molecule has 6 nitrogen and oxygen atoms in total. The molecule has 0 unspecified atom stereocenters. The van der Waals surface area contributed by atoms with Crippen LogP contribution in [-0.2, 0) is 26.4 Å². The number of aromatic nitrogens is 2. The molecule has 138 valence electrons. The molecule has 0 radical (unpaired) electrons. The number of anilines is 1. The monoisotopic (exact) mass is 354 g/mol. The molecule has 2 aromatic rings. The first kappa shape index (κ1) is 17.1. The number of amides is 1. The lowest BCUT2D eigenvalue weighted by Crippen LogP contribution is -2.40. The van der Waals surface area contributed by atoms with Crippen LogP contribution in [0.25, 0.3) is 0 Å². The van der Waals surface area contributed by atoms with Crippen molar-refractivity contribution in [2.75, 3.05) is 18.4 Å². The molecule has 0 spiro atoms. The topological polar surface area (TPSA) is 70.4 Å². The van der Waals surface area contributed by atoms with Gasteiger partial charge in [0.15, 0.2) is 0 Å². The van der Waals surface area contributed by atoms with Crippen LogP contribution < -0.4 is 5.32 Å². The van der Waals surface area contributed by atoms with E-state index in [9.17, 15) is 9.90 Å². The Kier molecular flexibility index (Phi) is 4.68. The first-order chi connectivity index (χ1) is 12.6. The van der Waals surface area contributed by atoms with Crippen molar-refractivity contribution in [2.45, 2.75) is 44.8 Å². The number of rotatable bonds is 4. The highest BCUT2D eigenvalue weighted by Crippen LogP contribution is 2.25. The number of carbonyl (C=O) groups is 1. The van der Waals surface area contributed by atoms with Crippen LogP contribution in [0.5, 0.6) is 0 Å². The van der Waals surface area contributed by atoms with Crippen molar-refractivity contribution in [1.29, 1.82) is 0 Å². The Bertz CT molecular complexity index is 806. The van der Waals surface area contributed by atoms with Gasteiger partial charge in [0.2, 0.25) is 0 Å². The first-order valence-corrected chi connectivity index (χ1v) is 9.46. The van der Waals surface area contributed by atoms with Gasteiger partial charge < -0.3 is 15.3 Å². The molecule has 1 aliphatic heterocycles. The molecule has 1 fully saturated rings. The molecule has 2 N–H and O–H groups in total. The van der Waals surface area contributed by atoms with E-state index in [1.54, 1.807) is 0 Å². The van der Waals surface area contributed by atoms with Crippen LogP contribution >= 0.6 is 0 Å². The quantitative estimate of drug-likeness (QED) is 0.882. The van der Waals surface area contributed by atoms with Crippen LogP contribution in [0.2, 0.25) is 0 Å².